The number of carbonyl (C=O) groups is 1. The van der Waals surface area contributed by atoms with E-state index in [1.54, 1.807) is 19.2 Å². The number of pyridine rings is 1. The molecule has 0 saturated heterocycles. The molecule has 2 N–H and O–H groups in total. The van der Waals surface area contributed by atoms with E-state index in [-0.39, 0.29) is 12.5 Å². The van der Waals surface area contributed by atoms with E-state index >= 15 is 0 Å². The molecule has 0 saturated carbocycles. The van der Waals surface area contributed by atoms with Crippen LogP contribution in [0.25, 0.3) is 0 Å². The molecular formula is C12H18BrN3O2. The summed E-state index contributed by atoms with van der Waals surface area (Å²) in [6.45, 7) is 5.14. The van der Waals surface area contributed by atoms with E-state index in [1.807, 2.05) is 11.8 Å². The van der Waals surface area contributed by atoms with Gasteiger partial charge >= 0.3 is 5.97 Å². The van der Waals surface area contributed by atoms with Crippen molar-refractivity contribution in [3.63, 3.8) is 0 Å². The minimum Gasteiger partial charge on any atom is -0.465 e. The number of nitrogens with two attached hydrogens (primary N) is 1. The Hall–Kier alpha value is -1.30. The van der Waals surface area contributed by atoms with Crippen LogP contribution in [0.1, 0.15) is 20.3 Å². The lowest BCUT2D eigenvalue weighted by Crippen LogP contribution is -2.32. The summed E-state index contributed by atoms with van der Waals surface area (Å²) >= 11 is 3.41. The van der Waals surface area contributed by atoms with Crippen molar-refractivity contribution in [3.05, 3.63) is 16.7 Å². The van der Waals surface area contributed by atoms with Crippen molar-refractivity contribution in [2.75, 3.05) is 30.3 Å². The van der Waals surface area contributed by atoms with E-state index in [0.29, 0.717) is 18.1 Å². The van der Waals surface area contributed by atoms with Crippen LogP contribution in [-0.2, 0) is 9.53 Å². The van der Waals surface area contributed by atoms with Gasteiger partial charge in [-0.1, -0.05) is 6.92 Å². The third-order valence-corrected chi connectivity index (χ3v) is 2.84. The molecule has 0 atom stereocenters. The van der Waals surface area contributed by atoms with Crippen molar-refractivity contribution in [2.24, 2.45) is 0 Å². The van der Waals surface area contributed by atoms with Gasteiger partial charge in [-0.3, -0.25) is 4.79 Å². The molecule has 0 unspecified atom stereocenters. The Morgan fingerprint density at radius 3 is 2.83 bits per heavy atom. The molecule has 0 aromatic carbocycles. The smallest absolute Gasteiger partial charge is 0.325 e. The largest absolute Gasteiger partial charge is 0.465 e. The van der Waals surface area contributed by atoms with E-state index < -0.39 is 0 Å². The number of aromatic nitrogens is 1. The lowest BCUT2D eigenvalue weighted by atomic mass is 10.3. The van der Waals surface area contributed by atoms with E-state index in [9.17, 15) is 4.79 Å². The zero-order valence-corrected chi connectivity index (χ0v) is 12.2. The number of anilines is 2. The summed E-state index contributed by atoms with van der Waals surface area (Å²) in [5.41, 5.74) is 6.23. The van der Waals surface area contributed by atoms with Gasteiger partial charge in [-0.05, 0) is 35.3 Å². The molecule has 18 heavy (non-hydrogen) atoms. The number of carbonyl (C=O) groups excluding carboxylic acids is 1. The monoisotopic (exact) mass is 315 g/mol. The minimum atomic E-state index is -0.253. The second-order valence-electron chi connectivity index (χ2n) is 3.80. The molecule has 6 heteroatoms. The fourth-order valence-corrected chi connectivity index (χ4v) is 2.19. The van der Waals surface area contributed by atoms with Crippen molar-refractivity contribution >= 4 is 33.4 Å². The minimum absolute atomic E-state index is 0.192. The van der Waals surface area contributed by atoms with Crippen LogP contribution in [0.4, 0.5) is 11.5 Å². The van der Waals surface area contributed by atoms with Crippen LogP contribution in [0.3, 0.4) is 0 Å². The standard InChI is InChI=1S/C12H18BrN3O2/c1-3-5-16(8-11(17)18-4-2)12-10(13)6-9(14)7-15-12/h6-7H,3-5,8,14H2,1-2H3. The highest BCUT2D eigenvalue weighted by Crippen LogP contribution is 2.25. The fourth-order valence-electron chi connectivity index (χ4n) is 1.57. The summed E-state index contributed by atoms with van der Waals surface area (Å²) in [4.78, 5) is 17.7. The Morgan fingerprint density at radius 1 is 1.56 bits per heavy atom. The van der Waals surface area contributed by atoms with Crippen molar-refractivity contribution in [2.45, 2.75) is 20.3 Å². The first-order chi connectivity index (χ1) is 8.58. The molecule has 0 aliphatic rings. The van der Waals surface area contributed by atoms with Crippen molar-refractivity contribution in [1.82, 2.24) is 4.98 Å². The SMILES string of the molecule is CCCN(CC(=O)OCC)c1ncc(N)cc1Br. The number of hydrogen-bond acceptors (Lipinski definition) is 5. The molecule has 0 aliphatic carbocycles. The maximum absolute atomic E-state index is 11.5. The van der Waals surface area contributed by atoms with Crippen molar-refractivity contribution < 1.29 is 9.53 Å². The molecule has 0 bridgehead atoms. The van der Waals surface area contributed by atoms with Gasteiger partial charge in [0.25, 0.3) is 0 Å². The average Bonchev–Trinajstić information content (AvgIpc) is 2.29. The summed E-state index contributed by atoms with van der Waals surface area (Å²) in [5, 5.41) is 0. The number of rotatable bonds is 6. The Morgan fingerprint density at radius 2 is 2.28 bits per heavy atom. The highest BCUT2D eigenvalue weighted by molar-refractivity contribution is 9.10. The Kier molecular flexibility index (Phi) is 5.91. The summed E-state index contributed by atoms with van der Waals surface area (Å²) in [6.07, 6.45) is 2.49. The van der Waals surface area contributed by atoms with E-state index in [2.05, 4.69) is 20.9 Å². The van der Waals surface area contributed by atoms with Gasteiger partial charge < -0.3 is 15.4 Å². The number of halogens is 1. The maximum Gasteiger partial charge on any atom is 0.325 e. The van der Waals surface area contributed by atoms with Crippen LogP contribution >= 0.6 is 15.9 Å². The zero-order chi connectivity index (χ0) is 13.5. The first kappa shape index (κ1) is 14.8. The molecule has 1 rings (SSSR count). The molecule has 0 radical (unpaired) electrons. The molecule has 0 spiro atoms. The molecule has 1 heterocycles. The average molecular weight is 316 g/mol. The van der Waals surface area contributed by atoms with Gasteiger partial charge in [-0.25, -0.2) is 4.98 Å². The molecule has 5 nitrogen and oxygen atoms in total. The number of nitrogens with zero attached hydrogens (tertiary/aromatic N) is 2. The quantitative estimate of drug-likeness (QED) is 0.815. The Balaban J connectivity index is 2.86. The lowest BCUT2D eigenvalue weighted by molar-refractivity contribution is -0.141. The first-order valence-electron chi connectivity index (χ1n) is 5.90. The highest BCUT2D eigenvalue weighted by Gasteiger charge is 2.15. The Labute approximate surface area is 115 Å². The van der Waals surface area contributed by atoms with Crippen LogP contribution in [0.5, 0.6) is 0 Å². The van der Waals surface area contributed by atoms with Crippen LogP contribution < -0.4 is 10.6 Å². The third-order valence-electron chi connectivity index (χ3n) is 2.26. The summed E-state index contributed by atoms with van der Waals surface area (Å²) in [5.74, 6) is 0.454. The number of hydrogen-bond donors (Lipinski definition) is 1. The molecule has 100 valence electrons. The van der Waals surface area contributed by atoms with Crippen molar-refractivity contribution in [3.8, 4) is 0 Å². The molecule has 0 amide bonds. The predicted molar refractivity (Wildman–Crippen MR) is 75.5 cm³/mol. The van der Waals surface area contributed by atoms with Gasteiger partial charge in [0.15, 0.2) is 0 Å². The van der Waals surface area contributed by atoms with Gasteiger partial charge in [-0.2, -0.15) is 0 Å². The number of ether oxygens (including phenoxy) is 1. The van der Waals surface area contributed by atoms with Crippen molar-refractivity contribution in [1.29, 1.82) is 0 Å². The van der Waals surface area contributed by atoms with Gasteiger partial charge in [-0.15, -0.1) is 0 Å². The summed E-state index contributed by atoms with van der Waals surface area (Å²) in [7, 11) is 0. The molecule has 0 fully saturated rings. The normalized spacial score (nSPS) is 10.2. The van der Waals surface area contributed by atoms with Gasteiger partial charge in [0.05, 0.1) is 23.0 Å². The lowest BCUT2D eigenvalue weighted by Gasteiger charge is -2.23. The zero-order valence-electron chi connectivity index (χ0n) is 10.6. The van der Waals surface area contributed by atoms with Crippen LogP contribution in [0.15, 0.2) is 16.7 Å². The molecule has 0 aliphatic heterocycles. The van der Waals surface area contributed by atoms with Gasteiger partial charge in [0, 0.05) is 6.54 Å². The fraction of sp³-hybridized carbons (Fsp3) is 0.500. The van der Waals surface area contributed by atoms with Crippen LogP contribution in [0, 0.1) is 0 Å². The predicted octanol–water partition coefficient (Wildman–Crippen LogP) is 2.21. The van der Waals surface area contributed by atoms with E-state index in [4.69, 9.17) is 10.5 Å². The van der Waals surface area contributed by atoms with E-state index in [1.165, 1.54) is 0 Å². The summed E-state index contributed by atoms with van der Waals surface area (Å²) in [6, 6.07) is 1.77. The van der Waals surface area contributed by atoms with Gasteiger partial charge in [0.2, 0.25) is 0 Å². The van der Waals surface area contributed by atoms with Gasteiger partial charge in [0.1, 0.15) is 12.4 Å². The van der Waals surface area contributed by atoms with E-state index in [0.717, 1.165) is 17.4 Å². The number of esters is 1. The third kappa shape index (κ3) is 4.18. The molecule has 1 aromatic rings. The second kappa shape index (κ2) is 7.20. The maximum atomic E-state index is 11.5. The topological polar surface area (TPSA) is 68.5 Å². The van der Waals surface area contributed by atoms with Crippen LogP contribution in [-0.4, -0.2) is 30.6 Å². The molecule has 1 aromatic heterocycles. The van der Waals surface area contributed by atoms with Crippen LogP contribution in [0.2, 0.25) is 0 Å². The highest BCUT2D eigenvalue weighted by atomic mass is 79.9. The second-order valence-corrected chi connectivity index (χ2v) is 4.65. The first-order valence-corrected chi connectivity index (χ1v) is 6.69. The number of nitrogen functional groups attached to an aromatic ring is 1. The summed E-state index contributed by atoms with van der Waals surface area (Å²) < 4.78 is 5.73. The Bertz CT molecular complexity index is 412. The molecular weight excluding hydrogens is 298 g/mol.